The van der Waals surface area contributed by atoms with E-state index >= 15 is 0 Å². The van der Waals surface area contributed by atoms with Gasteiger partial charge in [-0.15, -0.1) is 0 Å². The summed E-state index contributed by atoms with van der Waals surface area (Å²) in [5.41, 5.74) is 1.44. The molecule has 0 saturated carbocycles. The standard InChI is InChI=1S/C12H15N3O/c1-9-7-11(16-2)10(8-13)12(14-9)15-5-3-4-6-15/h7H,3-6H2,1-2H3. The van der Waals surface area contributed by atoms with Crippen LogP contribution in [0.15, 0.2) is 6.07 Å². The Bertz CT molecular complexity index is 431. The van der Waals surface area contributed by atoms with Crippen LogP contribution in [0.4, 0.5) is 5.82 Å². The first-order valence-electron chi connectivity index (χ1n) is 5.47. The third-order valence-electron chi connectivity index (χ3n) is 2.83. The Hall–Kier alpha value is -1.76. The van der Waals surface area contributed by atoms with E-state index in [1.165, 1.54) is 12.8 Å². The maximum absolute atomic E-state index is 9.18. The highest BCUT2D eigenvalue weighted by Crippen LogP contribution is 2.29. The summed E-state index contributed by atoms with van der Waals surface area (Å²) in [5, 5.41) is 9.18. The van der Waals surface area contributed by atoms with E-state index < -0.39 is 0 Å². The summed E-state index contributed by atoms with van der Waals surface area (Å²) in [6.07, 6.45) is 2.34. The monoisotopic (exact) mass is 217 g/mol. The molecule has 0 atom stereocenters. The van der Waals surface area contributed by atoms with Crippen LogP contribution >= 0.6 is 0 Å². The smallest absolute Gasteiger partial charge is 0.150 e. The average molecular weight is 217 g/mol. The molecule has 0 spiro atoms. The van der Waals surface area contributed by atoms with E-state index in [2.05, 4.69) is 16.0 Å². The fraction of sp³-hybridized carbons (Fsp3) is 0.500. The van der Waals surface area contributed by atoms with Crippen molar-refractivity contribution in [3.63, 3.8) is 0 Å². The topological polar surface area (TPSA) is 49.1 Å². The Kier molecular flexibility index (Phi) is 2.95. The zero-order valence-electron chi connectivity index (χ0n) is 9.66. The lowest BCUT2D eigenvalue weighted by atomic mass is 10.2. The van der Waals surface area contributed by atoms with Crippen LogP contribution in [0.3, 0.4) is 0 Å². The van der Waals surface area contributed by atoms with Crippen molar-refractivity contribution in [2.24, 2.45) is 0 Å². The highest BCUT2D eigenvalue weighted by atomic mass is 16.5. The number of methoxy groups -OCH3 is 1. The molecule has 1 aromatic rings. The first-order valence-corrected chi connectivity index (χ1v) is 5.47. The van der Waals surface area contributed by atoms with Gasteiger partial charge in [0.05, 0.1) is 7.11 Å². The summed E-state index contributed by atoms with van der Waals surface area (Å²) in [7, 11) is 1.59. The zero-order chi connectivity index (χ0) is 11.5. The molecule has 4 heteroatoms. The third kappa shape index (κ3) is 1.81. The van der Waals surface area contributed by atoms with Gasteiger partial charge in [-0.3, -0.25) is 0 Å². The van der Waals surface area contributed by atoms with Crippen molar-refractivity contribution < 1.29 is 4.74 Å². The average Bonchev–Trinajstić information content (AvgIpc) is 2.81. The molecule has 0 aliphatic carbocycles. The van der Waals surface area contributed by atoms with Crippen molar-refractivity contribution in [2.75, 3.05) is 25.1 Å². The molecule has 0 N–H and O–H groups in total. The number of ether oxygens (including phenoxy) is 1. The second-order valence-corrected chi connectivity index (χ2v) is 3.97. The molecule has 84 valence electrons. The lowest BCUT2D eigenvalue weighted by Gasteiger charge is -2.19. The van der Waals surface area contributed by atoms with Gasteiger partial charge in [0, 0.05) is 24.8 Å². The van der Waals surface area contributed by atoms with Gasteiger partial charge < -0.3 is 9.64 Å². The number of nitriles is 1. The number of hydrogen-bond acceptors (Lipinski definition) is 4. The number of rotatable bonds is 2. The van der Waals surface area contributed by atoms with Crippen LogP contribution in [-0.2, 0) is 0 Å². The van der Waals surface area contributed by atoms with E-state index in [0.717, 1.165) is 24.6 Å². The van der Waals surface area contributed by atoms with E-state index in [-0.39, 0.29) is 0 Å². The van der Waals surface area contributed by atoms with E-state index in [4.69, 9.17) is 4.74 Å². The Morgan fingerprint density at radius 3 is 2.69 bits per heavy atom. The molecule has 4 nitrogen and oxygen atoms in total. The van der Waals surface area contributed by atoms with Crippen LogP contribution in [0, 0.1) is 18.3 Å². The number of anilines is 1. The molecule has 0 radical (unpaired) electrons. The fourth-order valence-corrected chi connectivity index (χ4v) is 2.05. The van der Waals surface area contributed by atoms with Crippen molar-refractivity contribution >= 4 is 5.82 Å². The second-order valence-electron chi connectivity index (χ2n) is 3.97. The fourth-order valence-electron chi connectivity index (χ4n) is 2.05. The molecule has 1 aliphatic heterocycles. The van der Waals surface area contributed by atoms with Gasteiger partial charge in [0.1, 0.15) is 17.4 Å². The Balaban J connectivity index is 2.49. The highest BCUT2D eigenvalue weighted by Gasteiger charge is 2.20. The van der Waals surface area contributed by atoms with Gasteiger partial charge in [-0.2, -0.15) is 5.26 Å². The van der Waals surface area contributed by atoms with Crippen LogP contribution in [0.5, 0.6) is 5.75 Å². The largest absolute Gasteiger partial charge is 0.495 e. The molecule has 1 fully saturated rings. The number of hydrogen-bond donors (Lipinski definition) is 0. The molecule has 1 aromatic heterocycles. The van der Waals surface area contributed by atoms with Crippen LogP contribution in [0.25, 0.3) is 0 Å². The summed E-state index contributed by atoms with van der Waals surface area (Å²) in [4.78, 5) is 6.62. The molecule has 2 rings (SSSR count). The Labute approximate surface area is 95.5 Å². The number of aromatic nitrogens is 1. The third-order valence-corrected chi connectivity index (χ3v) is 2.83. The SMILES string of the molecule is COc1cc(C)nc(N2CCCC2)c1C#N. The second kappa shape index (κ2) is 4.40. The van der Waals surface area contributed by atoms with Crippen molar-refractivity contribution in [2.45, 2.75) is 19.8 Å². The minimum absolute atomic E-state index is 0.551. The maximum Gasteiger partial charge on any atom is 0.150 e. The van der Waals surface area contributed by atoms with Crippen molar-refractivity contribution in [1.82, 2.24) is 4.98 Å². The first-order chi connectivity index (χ1) is 7.76. The molecule has 0 aromatic carbocycles. The van der Waals surface area contributed by atoms with Crippen LogP contribution in [-0.4, -0.2) is 25.2 Å². The van der Waals surface area contributed by atoms with E-state index in [1.807, 2.05) is 6.92 Å². The molecule has 1 saturated heterocycles. The molecule has 1 aliphatic rings. The van der Waals surface area contributed by atoms with Gasteiger partial charge in [0.2, 0.25) is 0 Å². The Morgan fingerprint density at radius 1 is 1.44 bits per heavy atom. The number of nitrogens with zero attached hydrogens (tertiary/aromatic N) is 3. The molecule has 2 heterocycles. The summed E-state index contributed by atoms with van der Waals surface area (Å²) < 4.78 is 5.23. The molecule has 0 bridgehead atoms. The van der Waals surface area contributed by atoms with Crippen LogP contribution in [0.2, 0.25) is 0 Å². The van der Waals surface area contributed by atoms with Crippen LogP contribution < -0.4 is 9.64 Å². The van der Waals surface area contributed by atoms with Crippen molar-refractivity contribution in [3.8, 4) is 11.8 Å². The quantitative estimate of drug-likeness (QED) is 0.758. The molecule has 16 heavy (non-hydrogen) atoms. The van der Waals surface area contributed by atoms with E-state index in [0.29, 0.717) is 11.3 Å². The van der Waals surface area contributed by atoms with E-state index in [1.54, 1.807) is 13.2 Å². The molecular formula is C12H15N3O. The van der Waals surface area contributed by atoms with Gasteiger partial charge >= 0.3 is 0 Å². The van der Waals surface area contributed by atoms with Gasteiger partial charge in [-0.1, -0.05) is 0 Å². The first kappa shape index (κ1) is 10.7. The summed E-state index contributed by atoms with van der Waals surface area (Å²) in [6.45, 7) is 3.88. The zero-order valence-corrected chi connectivity index (χ0v) is 9.66. The van der Waals surface area contributed by atoms with Crippen LogP contribution in [0.1, 0.15) is 24.1 Å². The van der Waals surface area contributed by atoms with Gasteiger partial charge in [0.15, 0.2) is 5.82 Å². The minimum atomic E-state index is 0.551. The maximum atomic E-state index is 9.18. The normalized spacial score (nSPS) is 14.9. The molecule has 0 amide bonds. The molecular weight excluding hydrogens is 202 g/mol. The number of pyridine rings is 1. The lowest BCUT2D eigenvalue weighted by molar-refractivity contribution is 0.412. The van der Waals surface area contributed by atoms with Crippen molar-refractivity contribution in [3.05, 3.63) is 17.3 Å². The predicted molar refractivity (Wildman–Crippen MR) is 61.7 cm³/mol. The summed E-state index contributed by atoms with van der Waals surface area (Å²) >= 11 is 0. The molecule has 0 unspecified atom stereocenters. The Morgan fingerprint density at radius 2 is 2.12 bits per heavy atom. The lowest BCUT2D eigenvalue weighted by Crippen LogP contribution is -2.20. The minimum Gasteiger partial charge on any atom is -0.495 e. The van der Waals surface area contributed by atoms with E-state index in [9.17, 15) is 5.26 Å². The van der Waals surface area contributed by atoms with Gasteiger partial charge in [-0.25, -0.2) is 4.98 Å². The van der Waals surface area contributed by atoms with Gasteiger partial charge in [0.25, 0.3) is 0 Å². The highest BCUT2D eigenvalue weighted by molar-refractivity contribution is 5.61. The van der Waals surface area contributed by atoms with Gasteiger partial charge in [-0.05, 0) is 19.8 Å². The van der Waals surface area contributed by atoms with Crippen molar-refractivity contribution in [1.29, 1.82) is 5.26 Å². The summed E-state index contributed by atoms with van der Waals surface area (Å²) in [5.74, 6) is 1.40. The predicted octanol–water partition coefficient (Wildman–Crippen LogP) is 1.87. The summed E-state index contributed by atoms with van der Waals surface area (Å²) in [6, 6.07) is 3.99. The number of aryl methyl sites for hydroxylation is 1.